The van der Waals surface area contributed by atoms with Gasteiger partial charge in [0.25, 0.3) is 0 Å². The van der Waals surface area contributed by atoms with Gasteiger partial charge >= 0.3 is 0 Å². The lowest BCUT2D eigenvalue weighted by Gasteiger charge is -2.22. The molecule has 3 unspecified atom stereocenters. The average Bonchev–Trinajstić information content (AvgIpc) is 3.74. The largest absolute Gasteiger partial charge is 0.485 e. The standard InChI is InChI=1S/C46H32N2O2/c1-4-11-29(12-5-1)33-19-21-36-38-26-39-37-22-20-34(25-43(37)50-45(39)28-44(38)49-42(36)24-33)32-17-10-18-35(23-32)41-27-40(30-13-6-2-7-14-30)47-46(48-41)31-15-8-3-9-16-31/h1-11,13-29,36,42H,12H2. The maximum absolute atomic E-state index is 6.52. The number of rotatable bonds is 5. The van der Waals surface area contributed by atoms with Gasteiger partial charge in [-0.05, 0) is 59.5 Å². The predicted octanol–water partition coefficient (Wildman–Crippen LogP) is 11.5. The van der Waals surface area contributed by atoms with Crippen molar-refractivity contribution in [1.82, 2.24) is 9.97 Å². The van der Waals surface area contributed by atoms with E-state index in [4.69, 9.17) is 19.1 Å². The summed E-state index contributed by atoms with van der Waals surface area (Å²) in [5.41, 5.74) is 11.3. The van der Waals surface area contributed by atoms with Crippen LogP contribution in [0.2, 0.25) is 0 Å². The van der Waals surface area contributed by atoms with Crippen molar-refractivity contribution in [2.75, 3.05) is 0 Å². The minimum absolute atomic E-state index is 0.0170. The van der Waals surface area contributed by atoms with Crippen molar-refractivity contribution in [2.45, 2.75) is 18.4 Å². The number of furan rings is 1. The molecule has 238 valence electrons. The average molecular weight is 645 g/mol. The van der Waals surface area contributed by atoms with Crippen molar-refractivity contribution in [3.05, 3.63) is 175 Å². The Morgan fingerprint density at radius 1 is 0.580 bits per heavy atom. The molecule has 0 bridgehead atoms. The van der Waals surface area contributed by atoms with E-state index >= 15 is 0 Å². The van der Waals surface area contributed by atoms with Crippen LogP contribution in [-0.2, 0) is 0 Å². The van der Waals surface area contributed by atoms with Crippen LogP contribution in [0.15, 0.2) is 174 Å². The highest BCUT2D eigenvalue weighted by Crippen LogP contribution is 2.47. The molecule has 5 aromatic carbocycles. The zero-order valence-electron chi connectivity index (χ0n) is 27.2. The molecule has 7 aromatic rings. The summed E-state index contributed by atoms with van der Waals surface area (Å²) in [6.45, 7) is 0. The molecule has 0 N–H and O–H groups in total. The highest BCUT2D eigenvalue weighted by molar-refractivity contribution is 6.07. The Hall–Kier alpha value is -6.26. The van der Waals surface area contributed by atoms with Crippen LogP contribution < -0.4 is 4.74 Å². The van der Waals surface area contributed by atoms with E-state index < -0.39 is 0 Å². The molecular formula is C46H32N2O2. The van der Waals surface area contributed by atoms with E-state index in [0.717, 1.165) is 73.3 Å². The molecule has 0 radical (unpaired) electrons. The van der Waals surface area contributed by atoms with Gasteiger partial charge in [0.1, 0.15) is 23.0 Å². The van der Waals surface area contributed by atoms with Crippen molar-refractivity contribution in [3.8, 4) is 50.8 Å². The lowest BCUT2D eigenvalue weighted by Crippen LogP contribution is -2.19. The van der Waals surface area contributed by atoms with Gasteiger partial charge < -0.3 is 9.15 Å². The second-order valence-corrected chi connectivity index (χ2v) is 13.3. The van der Waals surface area contributed by atoms with Crippen molar-refractivity contribution in [2.24, 2.45) is 5.92 Å². The second-order valence-electron chi connectivity index (χ2n) is 13.3. The van der Waals surface area contributed by atoms with Crippen LogP contribution >= 0.6 is 0 Å². The molecular weight excluding hydrogens is 613 g/mol. The number of hydrogen-bond donors (Lipinski definition) is 0. The van der Waals surface area contributed by atoms with E-state index in [1.54, 1.807) is 0 Å². The summed E-state index contributed by atoms with van der Waals surface area (Å²) in [4.78, 5) is 10.0. The number of hydrogen-bond acceptors (Lipinski definition) is 4. The van der Waals surface area contributed by atoms with Crippen LogP contribution in [0.4, 0.5) is 0 Å². The van der Waals surface area contributed by atoms with E-state index in [1.807, 2.05) is 36.4 Å². The van der Waals surface area contributed by atoms with Gasteiger partial charge in [0.15, 0.2) is 5.82 Å². The summed E-state index contributed by atoms with van der Waals surface area (Å²) in [6, 6.07) is 42.0. The van der Waals surface area contributed by atoms with Gasteiger partial charge in [-0.3, -0.25) is 0 Å². The van der Waals surface area contributed by atoms with Crippen molar-refractivity contribution in [3.63, 3.8) is 0 Å². The lowest BCUT2D eigenvalue weighted by molar-refractivity contribution is 0.267. The molecule has 4 heteroatoms. The monoisotopic (exact) mass is 644 g/mol. The molecule has 4 nitrogen and oxygen atoms in total. The third kappa shape index (κ3) is 5.00. The molecule has 2 aliphatic carbocycles. The number of ether oxygens (including phenoxy) is 1. The Kier molecular flexibility index (Phi) is 6.73. The molecule has 0 amide bonds. The lowest BCUT2D eigenvalue weighted by atomic mass is 9.83. The first-order valence-corrected chi connectivity index (χ1v) is 17.2. The second kappa shape index (κ2) is 11.7. The first-order valence-electron chi connectivity index (χ1n) is 17.2. The van der Waals surface area contributed by atoms with Gasteiger partial charge in [-0.2, -0.15) is 0 Å². The number of allylic oxidation sites excluding steroid dienone is 6. The summed E-state index contributed by atoms with van der Waals surface area (Å²) in [5, 5.41) is 2.23. The summed E-state index contributed by atoms with van der Waals surface area (Å²) in [7, 11) is 0. The molecule has 2 aromatic heterocycles. The third-order valence-electron chi connectivity index (χ3n) is 10.2. The fourth-order valence-corrected chi connectivity index (χ4v) is 7.57. The number of benzene rings is 5. The van der Waals surface area contributed by atoms with E-state index in [2.05, 4.69) is 127 Å². The first kappa shape index (κ1) is 28.7. The highest BCUT2D eigenvalue weighted by Gasteiger charge is 2.35. The van der Waals surface area contributed by atoms with Gasteiger partial charge in [0.2, 0.25) is 0 Å². The Morgan fingerprint density at radius 3 is 2.14 bits per heavy atom. The molecule has 10 rings (SSSR count). The maximum atomic E-state index is 6.52. The third-order valence-corrected chi connectivity index (χ3v) is 10.2. The SMILES string of the molecule is C1=CCC(C2=CC3Oc4cc5oc6cc(-c7cccc(-c8cc(-c9ccccc9)nc(-c9ccccc9)n8)c7)ccc6c5cc4C3C=C2)C=C1. The van der Waals surface area contributed by atoms with E-state index in [1.165, 1.54) is 11.1 Å². The Morgan fingerprint density at radius 2 is 1.32 bits per heavy atom. The van der Waals surface area contributed by atoms with Gasteiger partial charge in [0.05, 0.1) is 11.4 Å². The minimum Gasteiger partial charge on any atom is -0.485 e. The number of fused-ring (bicyclic) bond motifs is 6. The topological polar surface area (TPSA) is 48.2 Å². The fraction of sp³-hybridized carbons (Fsp3) is 0.0870. The van der Waals surface area contributed by atoms with Crippen LogP contribution in [0.1, 0.15) is 17.9 Å². The molecule has 0 spiro atoms. The summed E-state index contributed by atoms with van der Waals surface area (Å²) in [6.07, 6.45) is 16.8. The zero-order valence-corrected chi connectivity index (χ0v) is 27.2. The smallest absolute Gasteiger partial charge is 0.160 e. The van der Waals surface area contributed by atoms with E-state index in [-0.39, 0.29) is 12.0 Å². The van der Waals surface area contributed by atoms with Crippen LogP contribution in [0.5, 0.6) is 5.75 Å². The van der Waals surface area contributed by atoms with E-state index in [9.17, 15) is 0 Å². The van der Waals surface area contributed by atoms with E-state index in [0.29, 0.717) is 11.7 Å². The summed E-state index contributed by atoms with van der Waals surface area (Å²) < 4.78 is 13.0. The van der Waals surface area contributed by atoms with Crippen LogP contribution in [0.25, 0.3) is 67.0 Å². The van der Waals surface area contributed by atoms with Gasteiger partial charge in [-0.25, -0.2) is 9.97 Å². The van der Waals surface area contributed by atoms with Gasteiger partial charge in [-0.15, -0.1) is 0 Å². The van der Waals surface area contributed by atoms with Gasteiger partial charge in [0, 0.05) is 50.9 Å². The Labute approximate surface area is 290 Å². The fourth-order valence-electron chi connectivity index (χ4n) is 7.57. The number of aromatic nitrogens is 2. The first-order chi connectivity index (χ1) is 24.7. The quantitative estimate of drug-likeness (QED) is 0.187. The van der Waals surface area contributed by atoms with Crippen molar-refractivity contribution in [1.29, 1.82) is 0 Å². The molecule has 0 saturated heterocycles. The molecule has 1 aliphatic heterocycles. The molecule has 50 heavy (non-hydrogen) atoms. The molecule has 3 aliphatic rings. The predicted molar refractivity (Wildman–Crippen MR) is 202 cm³/mol. The van der Waals surface area contributed by atoms with Crippen LogP contribution in [0, 0.1) is 5.92 Å². The maximum Gasteiger partial charge on any atom is 0.160 e. The van der Waals surface area contributed by atoms with Crippen LogP contribution in [0.3, 0.4) is 0 Å². The van der Waals surface area contributed by atoms with Crippen molar-refractivity contribution >= 4 is 21.9 Å². The number of nitrogens with zero attached hydrogens (tertiary/aromatic N) is 2. The molecule has 3 heterocycles. The molecule has 0 fully saturated rings. The summed E-state index contributed by atoms with van der Waals surface area (Å²) in [5.74, 6) is 2.24. The van der Waals surface area contributed by atoms with Crippen molar-refractivity contribution < 1.29 is 9.15 Å². The zero-order chi connectivity index (χ0) is 33.0. The summed E-state index contributed by atoms with van der Waals surface area (Å²) >= 11 is 0. The molecule has 3 atom stereocenters. The normalized spacial score (nSPS) is 19.0. The highest BCUT2D eigenvalue weighted by atomic mass is 16.5. The minimum atomic E-state index is 0.0170. The Balaban J connectivity index is 0.990. The Bertz CT molecular complexity index is 2500. The van der Waals surface area contributed by atoms with Crippen LogP contribution in [-0.4, -0.2) is 16.1 Å². The molecule has 0 saturated carbocycles. The van der Waals surface area contributed by atoms with Gasteiger partial charge in [-0.1, -0.05) is 121 Å².